The summed E-state index contributed by atoms with van der Waals surface area (Å²) in [5, 5.41) is 4.68. The Morgan fingerprint density at radius 3 is 2.54 bits per heavy atom. The molecule has 3 N–H and O–H groups in total. The summed E-state index contributed by atoms with van der Waals surface area (Å²) in [5.74, 6) is -1.59. The normalized spacial score (nSPS) is 11.1. The van der Waals surface area contributed by atoms with E-state index in [9.17, 15) is 22.8 Å². The van der Waals surface area contributed by atoms with Crippen LogP contribution in [0.15, 0.2) is 29.2 Å². The predicted octanol–water partition coefficient (Wildman–Crippen LogP) is 0.786. The van der Waals surface area contributed by atoms with Crippen molar-refractivity contribution in [1.82, 2.24) is 15.4 Å². The molecule has 0 atom stereocenters. The highest BCUT2D eigenvalue weighted by Gasteiger charge is 2.16. The van der Waals surface area contributed by atoms with Crippen LogP contribution in [0.25, 0.3) is 0 Å². The van der Waals surface area contributed by atoms with E-state index in [1.165, 1.54) is 24.3 Å². The van der Waals surface area contributed by atoms with Gasteiger partial charge in [0.25, 0.3) is 5.91 Å². The second-order valence-electron chi connectivity index (χ2n) is 5.44. The lowest BCUT2D eigenvalue weighted by Gasteiger charge is -2.10. The molecule has 144 valence electrons. The van der Waals surface area contributed by atoms with Crippen molar-refractivity contribution in [3.05, 3.63) is 29.3 Å². The third-order valence-electron chi connectivity index (χ3n) is 2.76. The number of urea groups is 1. The van der Waals surface area contributed by atoms with Crippen LogP contribution in [0.2, 0.25) is 5.02 Å². The van der Waals surface area contributed by atoms with Crippen molar-refractivity contribution in [2.45, 2.75) is 31.2 Å². The SMILES string of the molecule is CC(C)NC(=O)NC(=O)COC(=O)CCNS(=O)(=O)c1cccc(Cl)c1. The van der Waals surface area contributed by atoms with Gasteiger partial charge in [0.05, 0.1) is 11.3 Å². The summed E-state index contributed by atoms with van der Waals surface area (Å²) in [6.07, 6.45) is -0.286. The number of carbonyl (C=O) groups is 3. The van der Waals surface area contributed by atoms with E-state index < -0.39 is 34.5 Å². The highest BCUT2D eigenvalue weighted by molar-refractivity contribution is 7.89. The number of rotatable bonds is 8. The number of ether oxygens (including phenoxy) is 1. The zero-order chi connectivity index (χ0) is 19.7. The van der Waals surface area contributed by atoms with Gasteiger partial charge in [0.2, 0.25) is 10.0 Å². The third kappa shape index (κ3) is 8.28. The summed E-state index contributed by atoms with van der Waals surface area (Å²) in [5.41, 5.74) is 0. The molecule has 0 bridgehead atoms. The maximum absolute atomic E-state index is 12.0. The van der Waals surface area contributed by atoms with Gasteiger partial charge in [-0.15, -0.1) is 0 Å². The first-order valence-corrected chi connectivity index (χ1v) is 9.47. The van der Waals surface area contributed by atoms with Crippen molar-refractivity contribution < 1.29 is 27.5 Å². The molecule has 0 spiro atoms. The fourth-order valence-electron chi connectivity index (χ4n) is 1.68. The maximum atomic E-state index is 12.0. The van der Waals surface area contributed by atoms with Gasteiger partial charge in [-0.2, -0.15) is 0 Å². The molecule has 1 rings (SSSR count). The molecule has 0 unspecified atom stereocenters. The highest BCUT2D eigenvalue weighted by atomic mass is 35.5. The van der Waals surface area contributed by atoms with Gasteiger partial charge >= 0.3 is 12.0 Å². The molecule has 0 aliphatic carbocycles. The summed E-state index contributed by atoms with van der Waals surface area (Å²) >= 11 is 5.74. The van der Waals surface area contributed by atoms with Gasteiger partial charge in [0.15, 0.2) is 6.61 Å². The minimum atomic E-state index is -3.81. The quantitative estimate of drug-likeness (QED) is 0.548. The van der Waals surface area contributed by atoms with Crippen molar-refractivity contribution in [2.75, 3.05) is 13.2 Å². The van der Waals surface area contributed by atoms with E-state index >= 15 is 0 Å². The van der Waals surface area contributed by atoms with Gasteiger partial charge in [-0.1, -0.05) is 17.7 Å². The van der Waals surface area contributed by atoms with Gasteiger partial charge in [-0.25, -0.2) is 17.9 Å². The summed E-state index contributed by atoms with van der Waals surface area (Å²) < 4.78 is 30.9. The van der Waals surface area contributed by atoms with Crippen molar-refractivity contribution in [3.8, 4) is 0 Å². The maximum Gasteiger partial charge on any atom is 0.321 e. The molecular formula is C15H20ClN3O6S. The molecule has 26 heavy (non-hydrogen) atoms. The van der Waals surface area contributed by atoms with Crippen molar-refractivity contribution in [2.24, 2.45) is 0 Å². The number of sulfonamides is 1. The topological polar surface area (TPSA) is 131 Å². The first-order valence-electron chi connectivity index (χ1n) is 7.61. The Morgan fingerprint density at radius 1 is 1.23 bits per heavy atom. The smallest absolute Gasteiger partial charge is 0.321 e. The van der Waals surface area contributed by atoms with E-state index in [0.29, 0.717) is 0 Å². The molecule has 1 aromatic rings. The van der Waals surface area contributed by atoms with Crippen LogP contribution < -0.4 is 15.4 Å². The van der Waals surface area contributed by atoms with E-state index in [0.717, 1.165) is 0 Å². The standard InChI is InChI=1S/C15H20ClN3O6S/c1-10(2)18-15(22)19-13(20)9-25-14(21)6-7-17-26(23,24)12-5-3-4-11(16)8-12/h3-5,8,10,17H,6-7,9H2,1-2H3,(H2,18,19,20,22). The molecule has 0 aromatic heterocycles. The Bertz CT molecular complexity index is 766. The molecule has 11 heteroatoms. The number of carbonyl (C=O) groups excluding carboxylic acids is 3. The van der Waals surface area contributed by atoms with E-state index in [4.69, 9.17) is 11.6 Å². The van der Waals surface area contributed by atoms with Gasteiger partial charge in [0.1, 0.15) is 0 Å². The van der Waals surface area contributed by atoms with Gasteiger partial charge < -0.3 is 10.1 Å². The van der Waals surface area contributed by atoms with E-state index in [1.807, 2.05) is 5.32 Å². The predicted molar refractivity (Wildman–Crippen MR) is 94.0 cm³/mol. The van der Waals surface area contributed by atoms with Gasteiger partial charge in [-0.3, -0.25) is 14.9 Å². The average molecular weight is 406 g/mol. The average Bonchev–Trinajstić information content (AvgIpc) is 2.52. The number of benzene rings is 1. The molecule has 0 saturated carbocycles. The largest absolute Gasteiger partial charge is 0.456 e. The minimum Gasteiger partial charge on any atom is -0.456 e. The Balaban J connectivity index is 2.34. The number of nitrogens with one attached hydrogen (secondary N) is 3. The van der Waals surface area contributed by atoms with Crippen LogP contribution in [-0.4, -0.2) is 45.5 Å². The second kappa shape index (κ2) is 10.1. The van der Waals surface area contributed by atoms with Crippen molar-refractivity contribution >= 4 is 39.5 Å². The Kier molecular flexibility index (Phi) is 8.49. The lowest BCUT2D eigenvalue weighted by Crippen LogP contribution is -2.44. The molecule has 0 aliphatic heterocycles. The zero-order valence-corrected chi connectivity index (χ0v) is 15.8. The van der Waals surface area contributed by atoms with Crippen molar-refractivity contribution in [3.63, 3.8) is 0 Å². The molecule has 0 saturated heterocycles. The monoisotopic (exact) mass is 405 g/mol. The minimum absolute atomic E-state index is 0.0334. The molecule has 0 fully saturated rings. The summed E-state index contributed by atoms with van der Waals surface area (Å²) in [6, 6.07) is 4.80. The van der Waals surface area contributed by atoms with Crippen LogP contribution in [0.1, 0.15) is 20.3 Å². The van der Waals surface area contributed by atoms with Crippen LogP contribution >= 0.6 is 11.6 Å². The van der Waals surface area contributed by atoms with E-state index in [2.05, 4.69) is 14.8 Å². The molecule has 3 amide bonds. The summed E-state index contributed by atoms with van der Waals surface area (Å²) in [7, 11) is -3.81. The van der Waals surface area contributed by atoms with Crippen LogP contribution in [-0.2, 0) is 24.3 Å². The van der Waals surface area contributed by atoms with E-state index in [1.54, 1.807) is 13.8 Å². The number of amides is 3. The van der Waals surface area contributed by atoms with Crippen molar-refractivity contribution in [1.29, 1.82) is 0 Å². The number of hydrogen-bond donors (Lipinski definition) is 3. The van der Waals surface area contributed by atoms with Crippen LogP contribution in [0.4, 0.5) is 4.79 Å². The molecule has 0 radical (unpaired) electrons. The lowest BCUT2D eigenvalue weighted by molar-refractivity contribution is -0.148. The Hall–Kier alpha value is -2.17. The third-order valence-corrected chi connectivity index (χ3v) is 4.46. The summed E-state index contributed by atoms with van der Waals surface area (Å²) in [6.45, 7) is 2.57. The zero-order valence-electron chi connectivity index (χ0n) is 14.2. The van der Waals surface area contributed by atoms with Crippen LogP contribution in [0.5, 0.6) is 0 Å². The molecular weight excluding hydrogens is 386 g/mol. The lowest BCUT2D eigenvalue weighted by atomic mass is 10.4. The number of halogens is 1. The molecule has 9 nitrogen and oxygen atoms in total. The number of esters is 1. The highest BCUT2D eigenvalue weighted by Crippen LogP contribution is 2.15. The molecule has 0 heterocycles. The van der Waals surface area contributed by atoms with Crippen LogP contribution in [0.3, 0.4) is 0 Å². The van der Waals surface area contributed by atoms with Gasteiger partial charge in [0, 0.05) is 17.6 Å². The molecule has 1 aromatic carbocycles. The first kappa shape index (κ1) is 21.9. The second-order valence-corrected chi connectivity index (χ2v) is 7.65. The Morgan fingerprint density at radius 2 is 1.92 bits per heavy atom. The van der Waals surface area contributed by atoms with E-state index in [-0.39, 0.29) is 28.9 Å². The number of imide groups is 1. The van der Waals surface area contributed by atoms with Crippen LogP contribution in [0, 0.1) is 0 Å². The summed E-state index contributed by atoms with van der Waals surface area (Å²) in [4.78, 5) is 34.2. The van der Waals surface area contributed by atoms with Gasteiger partial charge in [-0.05, 0) is 32.0 Å². The fourth-order valence-corrected chi connectivity index (χ4v) is 3.02. The Labute approximate surface area is 156 Å². The molecule has 0 aliphatic rings. The first-order chi connectivity index (χ1) is 12.1. The number of hydrogen-bond acceptors (Lipinski definition) is 6. The fraction of sp³-hybridized carbons (Fsp3) is 0.400.